The molecule has 0 aromatic carbocycles. The lowest BCUT2D eigenvalue weighted by atomic mass is 10.2. The van der Waals surface area contributed by atoms with Crippen molar-refractivity contribution in [1.82, 2.24) is 0 Å². The summed E-state index contributed by atoms with van der Waals surface area (Å²) >= 11 is 1.35. The van der Waals surface area contributed by atoms with Crippen LogP contribution in [0, 0.1) is 0 Å². The fourth-order valence-corrected chi connectivity index (χ4v) is 1.58. The van der Waals surface area contributed by atoms with Gasteiger partial charge in [0, 0.05) is 7.11 Å². The number of ketones is 2. The lowest BCUT2D eigenvalue weighted by molar-refractivity contribution is -0.121. The maximum atomic E-state index is 11.3. The van der Waals surface area contributed by atoms with Gasteiger partial charge in [-0.1, -0.05) is 6.07 Å². The Hall–Kier alpha value is -1.000. The second kappa shape index (κ2) is 4.89. The monoisotopic (exact) mass is 198 g/mol. The Balaban J connectivity index is 2.47. The third kappa shape index (κ3) is 3.08. The molecule has 0 radical (unpaired) electrons. The molecule has 0 aliphatic carbocycles. The van der Waals surface area contributed by atoms with E-state index in [2.05, 4.69) is 4.74 Å². The first-order valence-electron chi connectivity index (χ1n) is 3.81. The zero-order valence-electron chi connectivity index (χ0n) is 7.28. The second-order valence-corrected chi connectivity index (χ2v) is 3.50. The van der Waals surface area contributed by atoms with Gasteiger partial charge in [0.2, 0.25) is 0 Å². The molecule has 1 aromatic rings. The van der Waals surface area contributed by atoms with Crippen molar-refractivity contribution in [3.8, 4) is 0 Å². The standard InChI is InChI=1S/C9H10O3S/c1-12-6-7(10)5-8(11)9-3-2-4-13-9/h2-4H,5-6H2,1H3. The molecule has 0 atom stereocenters. The van der Waals surface area contributed by atoms with Crippen LogP contribution in [0.15, 0.2) is 17.5 Å². The number of hydrogen-bond donors (Lipinski definition) is 0. The second-order valence-electron chi connectivity index (χ2n) is 2.55. The zero-order chi connectivity index (χ0) is 9.68. The number of carbonyl (C=O) groups is 2. The highest BCUT2D eigenvalue weighted by atomic mass is 32.1. The Morgan fingerprint density at radius 1 is 1.54 bits per heavy atom. The predicted molar refractivity (Wildman–Crippen MR) is 50.1 cm³/mol. The molecule has 0 spiro atoms. The van der Waals surface area contributed by atoms with Gasteiger partial charge >= 0.3 is 0 Å². The van der Waals surface area contributed by atoms with Gasteiger partial charge in [-0.2, -0.15) is 0 Å². The minimum atomic E-state index is -0.180. The number of ether oxygens (including phenoxy) is 1. The van der Waals surface area contributed by atoms with Crippen molar-refractivity contribution in [2.75, 3.05) is 13.7 Å². The Morgan fingerprint density at radius 3 is 2.85 bits per heavy atom. The van der Waals surface area contributed by atoms with Gasteiger partial charge in [-0.05, 0) is 11.4 Å². The van der Waals surface area contributed by atoms with Gasteiger partial charge in [-0.25, -0.2) is 0 Å². The first-order valence-corrected chi connectivity index (χ1v) is 4.69. The average Bonchev–Trinajstić information content (AvgIpc) is 2.55. The summed E-state index contributed by atoms with van der Waals surface area (Å²) in [6.07, 6.45) is -0.0612. The minimum absolute atomic E-state index is 0.0110. The maximum absolute atomic E-state index is 11.3. The van der Waals surface area contributed by atoms with Crippen molar-refractivity contribution < 1.29 is 14.3 Å². The van der Waals surface area contributed by atoms with Crippen LogP contribution in [0.25, 0.3) is 0 Å². The molecule has 0 bridgehead atoms. The first kappa shape index (κ1) is 10.1. The van der Waals surface area contributed by atoms with E-state index < -0.39 is 0 Å². The molecule has 4 heteroatoms. The van der Waals surface area contributed by atoms with Crippen LogP contribution in [-0.2, 0) is 9.53 Å². The van der Waals surface area contributed by atoms with E-state index in [4.69, 9.17) is 0 Å². The van der Waals surface area contributed by atoms with E-state index in [0.717, 1.165) is 0 Å². The van der Waals surface area contributed by atoms with E-state index in [0.29, 0.717) is 4.88 Å². The smallest absolute Gasteiger partial charge is 0.180 e. The molecule has 0 unspecified atom stereocenters. The van der Waals surface area contributed by atoms with Crippen LogP contribution >= 0.6 is 11.3 Å². The third-order valence-corrected chi connectivity index (χ3v) is 2.37. The normalized spacial score (nSPS) is 9.92. The summed E-state index contributed by atoms with van der Waals surface area (Å²) in [6.45, 7) is 0.0110. The van der Waals surface area contributed by atoms with Crippen LogP contribution in [0.1, 0.15) is 16.1 Å². The Kier molecular flexibility index (Phi) is 3.79. The molecule has 1 heterocycles. The van der Waals surface area contributed by atoms with Gasteiger partial charge in [0.1, 0.15) is 6.61 Å². The van der Waals surface area contributed by atoms with E-state index in [9.17, 15) is 9.59 Å². The van der Waals surface area contributed by atoms with Crippen LogP contribution in [-0.4, -0.2) is 25.3 Å². The number of thiophene rings is 1. The highest BCUT2D eigenvalue weighted by molar-refractivity contribution is 7.12. The summed E-state index contributed by atoms with van der Waals surface area (Å²) < 4.78 is 4.62. The molecule has 13 heavy (non-hydrogen) atoms. The van der Waals surface area contributed by atoms with Gasteiger partial charge in [0.15, 0.2) is 11.6 Å². The summed E-state index contributed by atoms with van der Waals surface area (Å²) in [7, 11) is 1.44. The molecule has 0 N–H and O–H groups in total. The van der Waals surface area contributed by atoms with Crippen LogP contribution < -0.4 is 0 Å². The molecule has 0 saturated carbocycles. The molecule has 0 aliphatic rings. The largest absolute Gasteiger partial charge is 0.377 e. The fourth-order valence-electron chi connectivity index (χ4n) is 0.915. The number of hydrogen-bond acceptors (Lipinski definition) is 4. The summed E-state index contributed by atoms with van der Waals surface area (Å²) in [5, 5.41) is 1.81. The lowest BCUT2D eigenvalue weighted by Crippen LogP contribution is -2.11. The van der Waals surface area contributed by atoms with E-state index in [1.807, 2.05) is 5.38 Å². The van der Waals surface area contributed by atoms with Crippen LogP contribution in [0.4, 0.5) is 0 Å². The van der Waals surface area contributed by atoms with Crippen molar-refractivity contribution >= 4 is 22.9 Å². The molecule has 0 amide bonds. The molecular weight excluding hydrogens is 188 g/mol. The Labute approximate surface area is 80.3 Å². The summed E-state index contributed by atoms with van der Waals surface area (Å²) in [5.41, 5.74) is 0. The lowest BCUT2D eigenvalue weighted by Gasteiger charge is -1.96. The van der Waals surface area contributed by atoms with Crippen molar-refractivity contribution in [3.63, 3.8) is 0 Å². The van der Waals surface area contributed by atoms with Gasteiger partial charge in [0.25, 0.3) is 0 Å². The van der Waals surface area contributed by atoms with Crippen molar-refractivity contribution in [1.29, 1.82) is 0 Å². The summed E-state index contributed by atoms with van der Waals surface area (Å²) in [4.78, 5) is 23.0. The molecule has 3 nitrogen and oxygen atoms in total. The molecule has 0 aliphatic heterocycles. The Bertz CT molecular complexity index is 290. The van der Waals surface area contributed by atoms with Gasteiger partial charge in [0.05, 0.1) is 11.3 Å². The topological polar surface area (TPSA) is 43.4 Å². The fraction of sp³-hybridized carbons (Fsp3) is 0.333. The molecule has 0 saturated heterocycles. The first-order chi connectivity index (χ1) is 6.24. The zero-order valence-corrected chi connectivity index (χ0v) is 8.10. The minimum Gasteiger partial charge on any atom is -0.377 e. The number of rotatable bonds is 5. The molecule has 1 aromatic heterocycles. The van der Waals surface area contributed by atoms with Crippen molar-refractivity contribution in [2.24, 2.45) is 0 Å². The van der Waals surface area contributed by atoms with Crippen molar-refractivity contribution in [2.45, 2.75) is 6.42 Å². The highest BCUT2D eigenvalue weighted by Crippen LogP contribution is 2.11. The molecule has 70 valence electrons. The number of carbonyl (C=O) groups excluding carboxylic acids is 2. The van der Waals surface area contributed by atoms with Crippen LogP contribution in [0.5, 0.6) is 0 Å². The van der Waals surface area contributed by atoms with E-state index in [1.165, 1.54) is 18.4 Å². The van der Waals surface area contributed by atoms with Gasteiger partial charge in [-0.15, -0.1) is 11.3 Å². The summed E-state index contributed by atoms with van der Waals surface area (Å²) in [5.74, 6) is -0.307. The number of Topliss-reactive ketones (excluding diaryl/α,β-unsaturated/α-hetero) is 2. The number of methoxy groups -OCH3 is 1. The Morgan fingerprint density at radius 2 is 2.31 bits per heavy atom. The van der Waals surface area contributed by atoms with Crippen molar-refractivity contribution in [3.05, 3.63) is 22.4 Å². The quantitative estimate of drug-likeness (QED) is 0.532. The molecular formula is C9H10O3S. The SMILES string of the molecule is COCC(=O)CC(=O)c1cccs1. The van der Waals surface area contributed by atoms with E-state index in [-0.39, 0.29) is 24.6 Å². The maximum Gasteiger partial charge on any atom is 0.180 e. The molecule has 0 fully saturated rings. The highest BCUT2D eigenvalue weighted by Gasteiger charge is 2.11. The summed E-state index contributed by atoms with van der Waals surface area (Å²) in [6, 6.07) is 3.51. The van der Waals surface area contributed by atoms with Crippen LogP contribution in [0.3, 0.4) is 0 Å². The van der Waals surface area contributed by atoms with E-state index in [1.54, 1.807) is 12.1 Å². The van der Waals surface area contributed by atoms with Gasteiger partial charge < -0.3 is 4.74 Å². The predicted octanol–water partition coefficient (Wildman–Crippen LogP) is 1.54. The molecule has 1 rings (SSSR count). The van der Waals surface area contributed by atoms with Crippen LogP contribution in [0.2, 0.25) is 0 Å². The average molecular weight is 198 g/mol. The third-order valence-electron chi connectivity index (χ3n) is 1.46. The van der Waals surface area contributed by atoms with Gasteiger partial charge in [-0.3, -0.25) is 9.59 Å². The van der Waals surface area contributed by atoms with E-state index >= 15 is 0 Å².